The molecular weight excluding hydrogens is 434 g/mol. The summed E-state index contributed by atoms with van der Waals surface area (Å²) in [5.41, 5.74) is 1.64. The van der Waals surface area contributed by atoms with Crippen molar-refractivity contribution >= 4 is 16.9 Å². The highest BCUT2D eigenvalue weighted by molar-refractivity contribution is 5.89. The second kappa shape index (κ2) is 9.89. The molecule has 0 atom stereocenters. The molecule has 1 aromatic heterocycles. The molecule has 0 radical (unpaired) electrons. The highest BCUT2D eigenvalue weighted by Crippen LogP contribution is 2.35. The van der Waals surface area contributed by atoms with Gasteiger partial charge in [0.25, 0.3) is 0 Å². The molecule has 0 bridgehead atoms. The summed E-state index contributed by atoms with van der Waals surface area (Å²) in [6, 6.07) is 10.6. The van der Waals surface area contributed by atoms with Crippen molar-refractivity contribution in [1.29, 1.82) is 0 Å². The first-order valence-electron chi connectivity index (χ1n) is 12.0. The molecule has 2 heterocycles. The Bertz CT molecular complexity index is 1230. The normalized spacial score (nSPS) is 16.6. The van der Waals surface area contributed by atoms with Gasteiger partial charge in [-0.05, 0) is 55.7 Å². The summed E-state index contributed by atoms with van der Waals surface area (Å²) in [6.07, 6.45) is 8.28. The second-order valence-electron chi connectivity index (χ2n) is 8.92. The molecule has 1 fully saturated rings. The maximum Gasteiger partial charge on any atom is 0.338 e. The summed E-state index contributed by atoms with van der Waals surface area (Å²) in [6.45, 7) is 3.59. The Morgan fingerprint density at radius 1 is 1.09 bits per heavy atom. The molecule has 0 unspecified atom stereocenters. The average molecular weight is 464 g/mol. The van der Waals surface area contributed by atoms with Crippen LogP contribution in [0.25, 0.3) is 11.0 Å². The molecule has 7 nitrogen and oxygen atoms in total. The largest absolute Gasteiger partial charge is 0.478 e. The zero-order chi connectivity index (χ0) is 23.5. The van der Waals surface area contributed by atoms with Crippen LogP contribution in [0.2, 0.25) is 0 Å². The molecule has 0 saturated heterocycles. The molecule has 3 aromatic rings. The van der Waals surface area contributed by atoms with Gasteiger partial charge in [0.1, 0.15) is 30.1 Å². The summed E-state index contributed by atoms with van der Waals surface area (Å²) in [4.78, 5) is 27.5. The lowest BCUT2D eigenvalue weighted by Gasteiger charge is -2.37. The maximum absolute atomic E-state index is 13.2. The van der Waals surface area contributed by atoms with E-state index in [1.54, 1.807) is 30.3 Å². The molecule has 0 N–H and O–H groups in total. The number of rotatable bonds is 6. The number of ether oxygens (including phenoxy) is 3. The maximum atomic E-state index is 13.2. The van der Waals surface area contributed by atoms with Gasteiger partial charge in [0.05, 0.1) is 23.1 Å². The van der Waals surface area contributed by atoms with Crippen LogP contribution >= 0.6 is 0 Å². The topological polar surface area (TPSA) is 78.2 Å². The number of esters is 1. The van der Waals surface area contributed by atoms with E-state index in [1.807, 2.05) is 13.0 Å². The highest BCUT2D eigenvalue weighted by Gasteiger charge is 2.28. The Labute approximate surface area is 198 Å². The first kappa shape index (κ1) is 22.5. The number of hydrogen-bond donors (Lipinski definition) is 0. The molecule has 34 heavy (non-hydrogen) atoms. The van der Waals surface area contributed by atoms with Crippen molar-refractivity contribution in [1.82, 2.24) is 4.90 Å². The molecule has 0 spiro atoms. The minimum absolute atomic E-state index is 0.0922. The Kier molecular flexibility index (Phi) is 6.54. The first-order chi connectivity index (χ1) is 16.6. The summed E-state index contributed by atoms with van der Waals surface area (Å²) in [7, 11) is 0. The molecule has 1 aliphatic carbocycles. The minimum atomic E-state index is -0.382. The van der Waals surface area contributed by atoms with Crippen LogP contribution in [0, 0.1) is 0 Å². The number of benzene rings is 2. The lowest BCUT2D eigenvalue weighted by atomic mass is 9.93. The zero-order valence-corrected chi connectivity index (χ0v) is 19.4. The van der Waals surface area contributed by atoms with Crippen LogP contribution in [-0.4, -0.2) is 30.2 Å². The van der Waals surface area contributed by atoms with Crippen molar-refractivity contribution in [2.75, 3.05) is 13.3 Å². The number of carbonyl (C=O) groups excluding carboxylic acids is 1. The van der Waals surface area contributed by atoms with E-state index in [2.05, 4.69) is 4.90 Å². The molecule has 1 saturated carbocycles. The predicted octanol–water partition coefficient (Wildman–Crippen LogP) is 5.64. The van der Waals surface area contributed by atoms with Crippen LogP contribution < -0.4 is 14.9 Å². The van der Waals surface area contributed by atoms with Crippen LogP contribution in [0.5, 0.6) is 17.2 Å². The van der Waals surface area contributed by atoms with Crippen LogP contribution in [0.1, 0.15) is 61.4 Å². The van der Waals surface area contributed by atoms with Crippen LogP contribution in [0.15, 0.2) is 51.9 Å². The average Bonchev–Trinajstić information content (AvgIpc) is 2.89. The SMILES string of the molecule is CCCOC(=O)c1ccc(Oc2coc3c4c(ccc3c2=O)OCN(C2CCCCC2)C4)cc1. The Hall–Kier alpha value is -3.32. The lowest BCUT2D eigenvalue weighted by molar-refractivity contribution is 0.0406. The Morgan fingerprint density at radius 3 is 2.65 bits per heavy atom. The van der Waals surface area contributed by atoms with E-state index < -0.39 is 0 Å². The van der Waals surface area contributed by atoms with Gasteiger partial charge in [0.2, 0.25) is 11.2 Å². The van der Waals surface area contributed by atoms with Crippen molar-refractivity contribution in [3.8, 4) is 17.2 Å². The van der Waals surface area contributed by atoms with Crippen molar-refractivity contribution in [3.63, 3.8) is 0 Å². The third-order valence-corrected chi connectivity index (χ3v) is 6.56. The van der Waals surface area contributed by atoms with Crippen molar-refractivity contribution in [2.24, 2.45) is 0 Å². The standard InChI is InChI=1S/C27H29NO6/c1-2-14-31-27(30)18-8-10-20(11-9-18)34-24-16-32-26-21(25(24)29)12-13-23-22(26)15-28(17-33-23)19-6-4-3-5-7-19/h8-13,16,19H,2-7,14-15,17H2,1H3. The lowest BCUT2D eigenvalue weighted by Crippen LogP contribution is -2.41. The number of nitrogens with zero attached hydrogens (tertiary/aromatic N) is 1. The fourth-order valence-electron chi connectivity index (χ4n) is 4.72. The monoisotopic (exact) mass is 463 g/mol. The smallest absolute Gasteiger partial charge is 0.338 e. The third kappa shape index (κ3) is 4.53. The fraction of sp³-hybridized carbons (Fsp3) is 0.407. The van der Waals surface area contributed by atoms with E-state index in [9.17, 15) is 9.59 Å². The van der Waals surface area contributed by atoms with Crippen molar-refractivity contribution in [3.05, 3.63) is 64.0 Å². The molecule has 7 heteroatoms. The van der Waals surface area contributed by atoms with E-state index in [1.165, 1.54) is 38.4 Å². The molecule has 2 aliphatic rings. The van der Waals surface area contributed by atoms with Gasteiger partial charge in [-0.2, -0.15) is 0 Å². The number of carbonyl (C=O) groups is 1. The van der Waals surface area contributed by atoms with E-state index in [0.717, 1.165) is 17.7 Å². The van der Waals surface area contributed by atoms with Gasteiger partial charge in [-0.1, -0.05) is 26.2 Å². The number of hydrogen-bond acceptors (Lipinski definition) is 7. The quantitative estimate of drug-likeness (QED) is 0.438. The second-order valence-corrected chi connectivity index (χ2v) is 8.92. The highest BCUT2D eigenvalue weighted by atomic mass is 16.5. The van der Waals surface area contributed by atoms with Crippen LogP contribution in [-0.2, 0) is 11.3 Å². The predicted molar refractivity (Wildman–Crippen MR) is 127 cm³/mol. The summed E-state index contributed by atoms with van der Waals surface area (Å²) < 4.78 is 22.9. The van der Waals surface area contributed by atoms with Gasteiger partial charge in [-0.25, -0.2) is 4.79 Å². The van der Waals surface area contributed by atoms with Gasteiger partial charge < -0.3 is 18.6 Å². The minimum Gasteiger partial charge on any atom is -0.478 e. The van der Waals surface area contributed by atoms with Gasteiger partial charge in [-0.3, -0.25) is 9.69 Å². The van der Waals surface area contributed by atoms with Gasteiger partial charge in [0, 0.05) is 12.6 Å². The van der Waals surface area contributed by atoms with Crippen molar-refractivity contribution < 1.29 is 23.4 Å². The summed E-state index contributed by atoms with van der Waals surface area (Å²) >= 11 is 0. The molecule has 0 amide bonds. The Balaban J connectivity index is 1.37. The van der Waals surface area contributed by atoms with Crippen molar-refractivity contribution in [2.45, 2.75) is 58.0 Å². The van der Waals surface area contributed by atoms with E-state index in [0.29, 0.717) is 48.2 Å². The fourth-order valence-corrected chi connectivity index (χ4v) is 4.72. The van der Waals surface area contributed by atoms with E-state index in [4.69, 9.17) is 18.6 Å². The van der Waals surface area contributed by atoms with Gasteiger partial charge >= 0.3 is 5.97 Å². The molecule has 5 rings (SSSR count). The van der Waals surface area contributed by atoms with Crippen LogP contribution in [0.4, 0.5) is 0 Å². The van der Waals surface area contributed by atoms with Gasteiger partial charge in [-0.15, -0.1) is 0 Å². The van der Waals surface area contributed by atoms with Gasteiger partial charge in [0.15, 0.2) is 0 Å². The first-order valence-corrected chi connectivity index (χ1v) is 12.0. The van der Waals surface area contributed by atoms with E-state index in [-0.39, 0.29) is 17.1 Å². The zero-order valence-electron chi connectivity index (χ0n) is 19.4. The molecule has 1 aliphatic heterocycles. The third-order valence-electron chi connectivity index (χ3n) is 6.56. The Morgan fingerprint density at radius 2 is 1.88 bits per heavy atom. The van der Waals surface area contributed by atoms with Crippen LogP contribution in [0.3, 0.4) is 0 Å². The summed E-state index contributed by atoms with van der Waals surface area (Å²) in [5, 5.41) is 0.463. The molecular formula is C27H29NO6. The number of fused-ring (bicyclic) bond motifs is 3. The van der Waals surface area contributed by atoms with E-state index >= 15 is 0 Å². The molecule has 2 aromatic carbocycles. The molecule has 178 valence electrons. The summed E-state index contributed by atoms with van der Waals surface area (Å²) in [5.74, 6) is 0.910.